The second kappa shape index (κ2) is 8.14. The molecule has 0 unspecified atom stereocenters. The highest BCUT2D eigenvalue weighted by Crippen LogP contribution is 2.17. The van der Waals surface area contributed by atoms with Crippen LogP contribution in [0.25, 0.3) is 0 Å². The van der Waals surface area contributed by atoms with E-state index in [4.69, 9.17) is 9.47 Å². The summed E-state index contributed by atoms with van der Waals surface area (Å²) in [6, 6.07) is 13.7. The Hall–Kier alpha value is -2.40. The fourth-order valence-corrected chi connectivity index (χ4v) is 1.84. The van der Waals surface area contributed by atoms with Gasteiger partial charge in [0.1, 0.15) is 18.2 Å². The van der Waals surface area contributed by atoms with Crippen molar-refractivity contribution in [2.45, 2.75) is 6.61 Å². The van der Waals surface area contributed by atoms with E-state index < -0.39 is 11.8 Å². The lowest BCUT2D eigenvalue weighted by molar-refractivity contribution is 0.0594. The van der Waals surface area contributed by atoms with Gasteiger partial charge >= 0.3 is 5.97 Å². The van der Waals surface area contributed by atoms with Crippen molar-refractivity contribution in [3.8, 4) is 5.75 Å². The third-order valence-electron chi connectivity index (χ3n) is 2.95. The number of esters is 1. The number of carbonyl (C=O) groups is 1. The summed E-state index contributed by atoms with van der Waals surface area (Å²) in [7, 11) is 1.20. The summed E-state index contributed by atoms with van der Waals surface area (Å²) in [5.74, 6) is -0.979. The monoisotopic (exact) mass is 304 g/mol. The summed E-state index contributed by atoms with van der Waals surface area (Å²) >= 11 is 0. The Bertz CT molecular complexity index is 613. The number of methoxy groups -OCH3 is 1. The Morgan fingerprint density at radius 1 is 1.09 bits per heavy atom. The zero-order valence-corrected chi connectivity index (χ0v) is 12.3. The molecule has 0 aromatic heterocycles. The molecule has 0 spiro atoms. The molecule has 2 aromatic rings. The molecule has 0 aliphatic heterocycles. The molecule has 0 amide bonds. The predicted molar refractivity (Wildman–Crippen MR) is 79.3 cm³/mol. The molecule has 0 saturated carbocycles. The van der Waals surface area contributed by atoms with Crippen LogP contribution in [0, 0.1) is 5.82 Å². The van der Waals surface area contributed by atoms with Crippen LogP contribution in [0.1, 0.15) is 15.9 Å². The smallest absolute Gasteiger partial charge is 0.340 e. The summed E-state index contributed by atoms with van der Waals surface area (Å²) in [4.78, 5) is 11.4. The molecule has 0 heterocycles. The van der Waals surface area contributed by atoms with E-state index in [1.165, 1.54) is 25.3 Å². The highest BCUT2D eigenvalue weighted by atomic mass is 19.1. The molecule has 116 valence electrons. The van der Waals surface area contributed by atoms with Gasteiger partial charge in [0.2, 0.25) is 0 Å². The van der Waals surface area contributed by atoms with Gasteiger partial charge in [0.15, 0.2) is 0 Å². The molecule has 4 nitrogen and oxygen atoms in total. The number of hydrogen-bond acceptors (Lipinski definition) is 4. The lowest BCUT2D eigenvalue weighted by Crippen LogP contribution is -2.08. The van der Waals surface area contributed by atoms with Crippen LogP contribution in [0.4, 0.5) is 4.39 Å². The highest BCUT2D eigenvalue weighted by molar-refractivity contribution is 5.90. The second-order valence-corrected chi connectivity index (χ2v) is 4.52. The summed E-state index contributed by atoms with van der Waals surface area (Å²) in [6.07, 6.45) is 0. The largest absolute Gasteiger partial charge is 0.491 e. The van der Waals surface area contributed by atoms with Crippen LogP contribution >= 0.6 is 0 Å². The van der Waals surface area contributed by atoms with Gasteiger partial charge in [-0.25, -0.2) is 9.18 Å². The van der Waals surface area contributed by atoms with Crippen molar-refractivity contribution in [2.24, 2.45) is 0 Å². The second-order valence-electron chi connectivity index (χ2n) is 4.52. The van der Waals surface area contributed by atoms with E-state index in [0.29, 0.717) is 25.6 Å². The minimum absolute atomic E-state index is 0.148. The molecule has 0 aliphatic rings. The number of halogens is 1. The first kappa shape index (κ1) is 16.0. The van der Waals surface area contributed by atoms with Gasteiger partial charge in [-0.15, -0.1) is 0 Å². The molecule has 2 aromatic carbocycles. The molecule has 0 fully saturated rings. The van der Waals surface area contributed by atoms with E-state index in [9.17, 15) is 9.18 Å². The minimum atomic E-state index is -0.733. The first-order valence-electron chi connectivity index (χ1n) is 6.83. The first-order valence-corrected chi connectivity index (χ1v) is 6.83. The van der Waals surface area contributed by atoms with Crippen molar-refractivity contribution >= 4 is 5.97 Å². The lowest BCUT2D eigenvalue weighted by atomic mass is 10.2. The number of benzene rings is 2. The topological polar surface area (TPSA) is 44.8 Å². The Kier molecular flexibility index (Phi) is 5.91. The first-order chi connectivity index (χ1) is 10.7. The third-order valence-corrected chi connectivity index (χ3v) is 2.95. The quantitative estimate of drug-likeness (QED) is 0.582. The van der Waals surface area contributed by atoms with E-state index in [2.05, 4.69) is 4.74 Å². The summed E-state index contributed by atoms with van der Waals surface area (Å²) in [5, 5.41) is 0. The fourth-order valence-electron chi connectivity index (χ4n) is 1.84. The summed E-state index contributed by atoms with van der Waals surface area (Å²) < 4.78 is 28.9. The Morgan fingerprint density at radius 2 is 1.86 bits per heavy atom. The highest BCUT2D eigenvalue weighted by Gasteiger charge is 2.13. The van der Waals surface area contributed by atoms with Crippen LogP contribution in [0.15, 0.2) is 48.5 Å². The predicted octanol–water partition coefficient (Wildman–Crippen LogP) is 3.21. The van der Waals surface area contributed by atoms with Crippen LogP contribution in [-0.2, 0) is 16.1 Å². The zero-order chi connectivity index (χ0) is 15.8. The lowest BCUT2D eigenvalue weighted by Gasteiger charge is -2.09. The molecule has 5 heteroatoms. The van der Waals surface area contributed by atoms with Gasteiger partial charge in [-0.2, -0.15) is 0 Å². The van der Waals surface area contributed by atoms with Crippen LogP contribution in [0.2, 0.25) is 0 Å². The molecule has 0 radical (unpaired) electrons. The van der Waals surface area contributed by atoms with Gasteiger partial charge in [-0.05, 0) is 23.8 Å². The van der Waals surface area contributed by atoms with Crippen molar-refractivity contribution in [3.63, 3.8) is 0 Å². The molecule has 22 heavy (non-hydrogen) atoms. The van der Waals surface area contributed by atoms with Crippen molar-refractivity contribution in [3.05, 3.63) is 65.5 Å². The van der Waals surface area contributed by atoms with E-state index in [-0.39, 0.29) is 5.56 Å². The normalized spacial score (nSPS) is 10.3. The van der Waals surface area contributed by atoms with E-state index in [1.54, 1.807) is 0 Å². The third kappa shape index (κ3) is 4.56. The maximum absolute atomic E-state index is 13.5. The Labute approximate surface area is 128 Å². The van der Waals surface area contributed by atoms with Crippen molar-refractivity contribution in [2.75, 3.05) is 20.3 Å². The number of rotatable bonds is 7. The van der Waals surface area contributed by atoms with Crippen LogP contribution in [0.5, 0.6) is 5.75 Å². The standard InChI is InChI=1S/C17H17FO4/c1-20-17(19)15-11-14(7-8-16(15)18)22-10-9-21-12-13-5-3-2-4-6-13/h2-8,11H,9-10,12H2,1H3. The maximum atomic E-state index is 13.5. The molecular weight excluding hydrogens is 287 g/mol. The SMILES string of the molecule is COC(=O)c1cc(OCCOCc2ccccc2)ccc1F. The molecule has 0 atom stereocenters. The number of ether oxygens (including phenoxy) is 3. The zero-order valence-electron chi connectivity index (χ0n) is 12.3. The average molecular weight is 304 g/mol. The molecule has 0 saturated heterocycles. The van der Waals surface area contributed by atoms with E-state index in [1.807, 2.05) is 30.3 Å². The fraction of sp³-hybridized carbons (Fsp3) is 0.235. The average Bonchev–Trinajstić information content (AvgIpc) is 2.56. The summed E-state index contributed by atoms with van der Waals surface area (Å²) in [5.41, 5.74) is 0.933. The van der Waals surface area contributed by atoms with Gasteiger partial charge in [0, 0.05) is 0 Å². The van der Waals surface area contributed by atoms with Gasteiger partial charge in [0.25, 0.3) is 0 Å². The molecule has 2 rings (SSSR count). The van der Waals surface area contributed by atoms with E-state index in [0.717, 1.165) is 5.56 Å². The van der Waals surface area contributed by atoms with Crippen molar-refractivity contribution < 1.29 is 23.4 Å². The summed E-state index contributed by atoms with van der Waals surface area (Å²) in [6.45, 7) is 1.19. The van der Waals surface area contributed by atoms with E-state index >= 15 is 0 Å². The van der Waals surface area contributed by atoms with Crippen LogP contribution in [-0.4, -0.2) is 26.3 Å². The number of carbonyl (C=O) groups excluding carboxylic acids is 1. The minimum Gasteiger partial charge on any atom is -0.491 e. The molecule has 0 aliphatic carbocycles. The molecular formula is C17H17FO4. The van der Waals surface area contributed by atoms with Gasteiger partial charge in [0.05, 0.1) is 25.9 Å². The van der Waals surface area contributed by atoms with Gasteiger partial charge in [-0.3, -0.25) is 0 Å². The Morgan fingerprint density at radius 3 is 2.59 bits per heavy atom. The number of hydrogen-bond donors (Lipinski definition) is 0. The molecule has 0 N–H and O–H groups in total. The van der Waals surface area contributed by atoms with Gasteiger partial charge < -0.3 is 14.2 Å². The van der Waals surface area contributed by atoms with Crippen LogP contribution < -0.4 is 4.74 Å². The Balaban J connectivity index is 1.78. The van der Waals surface area contributed by atoms with Crippen molar-refractivity contribution in [1.82, 2.24) is 0 Å². The molecule has 0 bridgehead atoms. The van der Waals surface area contributed by atoms with Gasteiger partial charge in [-0.1, -0.05) is 30.3 Å². The maximum Gasteiger partial charge on any atom is 0.340 e. The van der Waals surface area contributed by atoms with Crippen LogP contribution in [0.3, 0.4) is 0 Å². The van der Waals surface area contributed by atoms with Crippen molar-refractivity contribution in [1.29, 1.82) is 0 Å².